The molecular formula is C27H28FNO. The van der Waals surface area contributed by atoms with Gasteiger partial charge in [-0.2, -0.15) is 0 Å². The van der Waals surface area contributed by atoms with E-state index >= 15 is 0 Å². The van der Waals surface area contributed by atoms with E-state index in [0.717, 1.165) is 24.1 Å². The minimum absolute atomic E-state index is 0.0559. The molecule has 1 heterocycles. The number of halogens is 1. The van der Waals surface area contributed by atoms with Gasteiger partial charge >= 0.3 is 0 Å². The van der Waals surface area contributed by atoms with Crippen molar-refractivity contribution >= 4 is 5.69 Å². The fourth-order valence-electron chi connectivity index (χ4n) is 5.47. The first kappa shape index (κ1) is 19.3. The van der Waals surface area contributed by atoms with Gasteiger partial charge in [-0.05, 0) is 77.4 Å². The minimum atomic E-state index is -0.198. The third-order valence-corrected chi connectivity index (χ3v) is 7.24. The van der Waals surface area contributed by atoms with Crippen molar-refractivity contribution in [2.75, 3.05) is 5.73 Å². The molecule has 3 aromatic carbocycles. The molecule has 3 aromatic rings. The maximum Gasteiger partial charge on any atom is 0.123 e. The van der Waals surface area contributed by atoms with Gasteiger partial charge in [0.05, 0.1) is 12.2 Å². The summed E-state index contributed by atoms with van der Waals surface area (Å²) in [6.45, 7) is 6.47. The van der Waals surface area contributed by atoms with Crippen molar-refractivity contribution in [2.24, 2.45) is 0 Å². The Morgan fingerprint density at radius 2 is 1.70 bits per heavy atom. The molecule has 2 nitrogen and oxygen atoms in total. The largest absolute Gasteiger partial charge is 0.398 e. The summed E-state index contributed by atoms with van der Waals surface area (Å²) in [6.07, 6.45) is 1.63. The third kappa shape index (κ3) is 3.04. The second-order valence-corrected chi connectivity index (χ2v) is 8.92. The standard InChI is InChI=1S/C27H28FNO/c1-15-8-11-26(29)23(16(15)2)13-19-14-25-22-7-5-4-6-20(22)17(3)21-10-9-18(28)12-24(21)27(25)30-19/h4-12,17,19,25,27H,13-14,29H2,1-3H3. The first-order chi connectivity index (χ1) is 14.4. The molecule has 154 valence electrons. The van der Waals surface area contributed by atoms with E-state index in [4.69, 9.17) is 10.5 Å². The van der Waals surface area contributed by atoms with Crippen molar-refractivity contribution in [3.05, 3.63) is 99.4 Å². The summed E-state index contributed by atoms with van der Waals surface area (Å²) in [6, 6.07) is 17.9. The number of fused-ring (bicyclic) bond motifs is 5. The van der Waals surface area contributed by atoms with Crippen LogP contribution in [0.15, 0.2) is 54.6 Å². The van der Waals surface area contributed by atoms with Gasteiger partial charge in [-0.25, -0.2) is 4.39 Å². The summed E-state index contributed by atoms with van der Waals surface area (Å²) in [5, 5.41) is 0. The van der Waals surface area contributed by atoms with Gasteiger partial charge in [-0.15, -0.1) is 0 Å². The molecule has 1 aliphatic carbocycles. The van der Waals surface area contributed by atoms with Crippen LogP contribution in [0.1, 0.15) is 70.2 Å². The molecule has 0 radical (unpaired) electrons. The summed E-state index contributed by atoms with van der Waals surface area (Å²) in [5.41, 5.74) is 15.7. The number of anilines is 1. The van der Waals surface area contributed by atoms with Gasteiger partial charge in [0.1, 0.15) is 5.82 Å². The van der Waals surface area contributed by atoms with Crippen LogP contribution in [0.25, 0.3) is 0 Å². The number of rotatable bonds is 2. The van der Waals surface area contributed by atoms with Crippen molar-refractivity contribution < 1.29 is 9.13 Å². The van der Waals surface area contributed by atoms with E-state index < -0.39 is 0 Å². The maximum atomic E-state index is 14.3. The van der Waals surface area contributed by atoms with E-state index in [-0.39, 0.29) is 29.9 Å². The molecule has 0 bridgehead atoms. The lowest BCUT2D eigenvalue weighted by Gasteiger charge is -2.20. The van der Waals surface area contributed by atoms with Gasteiger partial charge in [0.15, 0.2) is 0 Å². The molecule has 1 saturated heterocycles. The highest BCUT2D eigenvalue weighted by molar-refractivity contribution is 5.54. The topological polar surface area (TPSA) is 35.2 Å². The number of nitrogen functional groups attached to an aromatic ring is 1. The number of hydrogen-bond acceptors (Lipinski definition) is 2. The Morgan fingerprint density at radius 1 is 0.967 bits per heavy atom. The summed E-state index contributed by atoms with van der Waals surface area (Å²) in [5.74, 6) is 0.249. The monoisotopic (exact) mass is 401 g/mol. The van der Waals surface area contributed by atoms with Crippen molar-refractivity contribution in [1.29, 1.82) is 0 Å². The predicted molar refractivity (Wildman–Crippen MR) is 119 cm³/mol. The van der Waals surface area contributed by atoms with E-state index in [2.05, 4.69) is 51.1 Å². The van der Waals surface area contributed by atoms with Crippen LogP contribution in [-0.2, 0) is 11.2 Å². The number of benzene rings is 3. The van der Waals surface area contributed by atoms with Crippen LogP contribution < -0.4 is 5.73 Å². The summed E-state index contributed by atoms with van der Waals surface area (Å²) >= 11 is 0. The number of aryl methyl sites for hydroxylation is 1. The normalized spacial score (nSPS) is 24.7. The minimum Gasteiger partial charge on any atom is -0.398 e. The van der Waals surface area contributed by atoms with E-state index in [1.165, 1.54) is 33.4 Å². The van der Waals surface area contributed by atoms with Crippen LogP contribution in [0.5, 0.6) is 0 Å². The molecule has 4 unspecified atom stereocenters. The molecule has 2 aliphatic rings. The second kappa shape index (κ2) is 7.24. The predicted octanol–water partition coefficient (Wildman–Crippen LogP) is 6.35. The van der Waals surface area contributed by atoms with Crippen LogP contribution >= 0.6 is 0 Å². The van der Waals surface area contributed by atoms with Gasteiger partial charge < -0.3 is 10.5 Å². The van der Waals surface area contributed by atoms with E-state index in [9.17, 15) is 4.39 Å². The highest BCUT2D eigenvalue weighted by Gasteiger charge is 2.42. The van der Waals surface area contributed by atoms with Crippen LogP contribution in [0.4, 0.5) is 10.1 Å². The average molecular weight is 402 g/mol. The molecule has 4 atom stereocenters. The Morgan fingerprint density at radius 3 is 2.50 bits per heavy atom. The number of hydrogen-bond donors (Lipinski definition) is 1. The summed E-state index contributed by atoms with van der Waals surface area (Å²) in [4.78, 5) is 0. The van der Waals surface area contributed by atoms with E-state index in [1.807, 2.05) is 12.1 Å². The molecule has 1 aliphatic heterocycles. The van der Waals surface area contributed by atoms with E-state index in [0.29, 0.717) is 0 Å². The number of nitrogens with two attached hydrogens (primary N) is 1. The van der Waals surface area contributed by atoms with Crippen LogP contribution in [0, 0.1) is 19.7 Å². The zero-order chi connectivity index (χ0) is 21.0. The first-order valence-electron chi connectivity index (χ1n) is 10.8. The molecular weight excluding hydrogens is 373 g/mol. The van der Waals surface area contributed by atoms with Gasteiger partial charge in [-0.3, -0.25) is 0 Å². The number of ether oxygens (including phenoxy) is 1. The molecule has 2 N–H and O–H groups in total. The Bertz CT molecular complexity index is 1120. The SMILES string of the molecule is Cc1ccc(N)c(CC2CC3c4ccccc4C(C)c4ccc(F)cc4C3O2)c1C. The lowest BCUT2D eigenvalue weighted by molar-refractivity contribution is 0.0408. The van der Waals surface area contributed by atoms with Crippen molar-refractivity contribution in [2.45, 2.75) is 57.7 Å². The molecule has 3 heteroatoms. The van der Waals surface area contributed by atoms with Crippen molar-refractivity contribution in [3.8, 4) is 0 Å². The van der Waals surface area contributed by atoms with Gasteiger partial charge in [0.2, 0.25) is 0 Å². The fourth-order valence-corrected chi connectivity index (χ4v) is 5.47. The Labute approximate surface area is 177 Å². The summed E-state index contributed by atoms with van der Waals surface area (Å²) in [7, 11) is 0. The Hall–Kier alpha value is -2.65. The Balaban J connectivity index is 1.57. The maximum absolute atomic E-state index is 14.3. The first-order valence-corrected chi connectivity index (χ1v) is 10.8. The summed E-state index contributed by atoms with van der Waals surface area (Å²) < 4.78 is 20.9. The van der Waals surface area contributed by atoms with Crippen LogP contribution in [0.2, 0.25) is 0 Å². The zero-order valence-electron chi connectivity index (χ0n) is 17.8. The van der Waals surface area contributed by atoms with Crippen LogP contribution in [-0.4, -0.2) is 6.10 Å². The smallest absolute Gasteiger partial charge is 0.123 e. The fraction of sp³-hybridized carbons (Fsp3) is 0.333. The lowest BCUT2D eigenvalue weighted by Crippen LogP contribution is -2.14. The van der Waals surface area contributed by atoms with Gasteiger partial charge in [0, 0.05) is 23.9 Å². The molecule has 0 amide bonds. The van der Waals surface area contributed by atoms with Crippen molar-refractivity contribution in [3.63, 3.8) is 0 Å². The van der Waals surface area contributed by atoms with E-state index in [1.54, 1.807) is 12.1 Å². The molecule has 0 spiro atoms. The van der Waals surface area contributed by atoms with Crippen molar-refractivity contribution in [1.82, 2.24) is 0 Å². The highest BCUT2D eigenvalue weighted by Crippen LogP contribution is 2.52. The average Bonchev–Trinajstić information content (AvgIpc) is 3.14. The second-order valence-electron chi connectivity index (χ2n) is 8.92. The highest BCUT2D eigenvalue weighted by atomic mass is 19.1. The zero-order valence-corrected chi connectivity index (χ0v) is 17.8. The molecule has 30 heavy (non-hydrogen) atoms. The molecule has 1 fully saturated rings. The lowest BCUT2D eigenvalue weighted by atomic mass is 9.85. The molecule has 0 aromatic heterocycles. The molecule has 0 saturated carbocycles. The van der Waals surface area contributed by atoms with Gasteiger partial charge in [0.25, 0.3) is 0 Å². The molecule has 5 rings (SSSR count). The van der Waals surface area contributed by atoms with Crippen LogP contribution in [0.3, 0.4) is 0 Å². The quantitative estimate of drug-likeness (QED) is 0.508. The van der Waals surface area contributed by atoms with Gasteiger partial charge in [-0.1, -0.05) is 43.3 Å². The Kier molecular flexibility index (Phi) is 4.67. The third-order valence-electron chi connectivity index (χ3n) is 7.24.